The van der Waals surface area contributed by atoms with Crippen LogP contribution in [-0.4, -0.2) is 77.3 Å². The topological polar surface area (TPSA) is 251 Å². The van der Waals surface area contributed by atoms with Crippen molar-refractivity contribution in [3.05, 3.63) is 97.6 Å². The summed E-state index contributed by atoms with van der Waals surface area (Å²) in [5.41, 5.74) is -7.93. The Bertz CT molecular complexity index is 1890. The van der Waals surface area contributed by atoms with Gasteiger partial charge in [-0.2, -0.15) is 26.3 Å². The van der Waals surface area contributed by atoms with Gasteiger partial charge in [0, 0.05) is 24.8 Å². The summed E-state index contributed by atoms with van der Waals surface area (Å²) in [6.07, 6.45) is 6.99. The van der Waals surface area contributed by atoms with E-state index in [0.29, 0.717) is 0 Å². The SMILES string of the molecule is O=S(=O)([O-])C(F)(F)F.O=S(=O)([O-])C(F)(F)F.[Cu+2].[OH3+].c1ccc(-c2nnc(-c3ccccn3)s2)nc1.c1ccc(-c2nnc(-c3ccccn3)s2)nc1. The van der Waals surface area contributed by atoms with Crippen LogP contribution in [0.1, 0.15) is 0 Å². The maximum Gasteiger partial charge on any atom is 2.00 e. The molecule has 0 bridgehead atoms. The van der Waals surface area contributed by atoms with Crippen molar-refractivity contribution in [2.45, 2.75) is 11.0 Å². The first-order valence-corrected chi connectivity index (χ1v) is 17.2. The molecule has 0 saturated heterocycles. The number of hydrogen-bond donors (Lipinski definition) is 0. The molecule has 1 radical (unpaired) electrons. The standard InChI is InChI=1S/2C12H8N4S.2CHF3O3S.Cu.H2O/c2*1-3-7-13-9(5-1)11-15-16-12(17-11)10-6-2-4-8-14-10;2*2-1(3,4)8(5,6)7;;/h2*1-8H;2*(H,5,6,7);;1H2/q;;;;+2;/p-1. The molecule has 0 aliphatic rings. The number of nitrogens with zero attached hydrogens (tertiary/aromatic N) is 8. The number of hydrogen-bond acceptors (Lipinski definition) is 16. The largest absolute Gasteiger partial charge is 2.00 e. The molecule has 52 heavy (non-hydrogen) atoms. The van der Waals surface area contributed by atoms with Gasteiger partial charge in [-0.15, -0.1) is 20.4 Å². The van der Waals surface area contributed by atoms with Crippen LogP contribution in [-0.2, 0) is 42.8 Å². The van der Waals surface area contributed by atoms with Crippen LogP contribution in [0.4, 0.5) is 26.3 Å². The van der Waals surface area contributed by atoms with Crippen molar-refractivity contribution >= 4 is 42.9 Å². The molecule has 0 fully saturated rings. The minimum Gasteiger partial charge on any atom is -0.741 e. The smallest absolute Gasteiger partial charge is 0.741 e. The van der Waals surface area contributed by atoms with Crippen LogP contribution in [0, 0.1) is 0 Å². The Balaban J connectivity index is 0.000000365. The molecule has 0 aromatic carbocycles. The molecule has 6 aromatic rings. The van der Waals surface area contributed by atoms with Gasteiger partial charge in [0.05, 0.1) is 0 Å². The molecule has 15 nitrogen and oxygen atoms in total. The molecule has 26 heteroatoms. The van der Waals surface area contributed by atoms with E-state index < -0.39 is 31.3 Å². The Morgan fingerprint density at radius 1 is 0.462 bits per heavy atom. The maximum atomic E-state index is 10.7. The van der Waals surface area contributed by atoms with Crippen LogP contribution in [0.3, 0.4) is 0 Å². The first kappa shape index (κ1) is 45.6. The molecule has 6 aromatic heterocycles. The van der Waals surface area contributed by atoms with Gasteiger partial charge in [-0.1, -0.05) is 46.9 Å². The van der Waals surface area contributed by atoms with Crippen LogP contribution in [0.5, 0.6) is 0 Å². The summed E-state index contributed by atoms with van der Waals surface area (Å²) in [4.78, 5) is 17.0. The van der Waals surface area contributed by atoms with Crippen molar-refractivity contribution in [2.24, 2.45) is 0 Å². The van der Waals surface area contributed by atoms with Gasteiger partial charge in [0.15, 0.2) is 40.3 Å². The fraction of sp³-hybridized carbons (Fsp3) is 0.0769. The third-order valence-corrected chi connectivity index (χ3v) is 8.02. The van der Waals surface area contributed by atoms with E-state index in [4.69, 9.17) is 25.9 Å². The van der Waals surface area contributed by atoms with Gasteiger partial charge in [0.25, 0.3) is 0 Å². The van der Waals surface area contributed by atoms with E-state index in [0.717, 1.165) is 42.8 Å². The monoisotopic (exact) mass is 860 g/mol. The number of rotatable bonds is 4. The Kier molecular flexibility index (Phi) is 17.5. The van der Waals surface area contributed by atoms with Gasteiger partial charge in [0.1, 0.15) is 22.8 Å². The van der Waals surface area contributed by atoms with Crippen LogP contribution < -0.4 is 0 Å². The second kappa shape index (κ2) is 20.0. The first-order valence-electron chi connectivity index (χ1n) is 12.7. The fourth-order valence-electron chi connectivity index (χ4n) is 2.82. The Labute approximate surface area is 308 Å². The predicted octanol–water partition coefficient (Wildman–Crippen LogP) is 4.50. The van der Waals surface area contributed by atoms with Gasteiger partial charge in [0.2, 0.25) is 0 Å². The van der Waals surface area contributed by atoms with E-state index in [1.807, 2.05) is 72.8 Å². The van der Waals surface area contributed by atoms with Crippen molar-refractivity contribution in [2.75, 3.05) is 0 Å². The summed E-state index contributed by atoms with van der Waals surface area (Å²) in [5, 5.41) is 19.8. The molecule has 281 valence electrons. The molecule has 0 unspecified atom stereocenters. The fourth-order valence-corrected chi connectivity index (χ4v) is 4.41. The Morgan fingerprint density at radius 2 is 0.654 bits per heavy atom. The zero-order valence-corrected chi connectivity index (χ0v) is 29.3. The Hall–Kier alpha value is -4.40. The van der Waals surface area contributed by atoms with Gasteiger partial charge < -0.3 is 14.6 Å². The summed E-state index contributed by atoms with van der Waals surface area (Å²) in [6.45, 7) is 0. The van der Waals surface area contributed by atoms with Crippen molar-refractivity contribution in [3.63, 3.8) is 0 Å². The summed E-state index contributed by atoms with van der Waals surface area (Å²) < 4.78 is 118. The zero-order valence-electron chi connectivity index (χ0n) is 25.0. The minimum atomic E-state index is -6.09. The van der Waals surface area contributed by atoms with Gasteiger partial charge in [-0.25, -0.2) is 16.8 Å². The summed E-state index contributed by atoms with van der Waals surface area (Å²) in [6, 6.07) is 22.9. The quantitative estimate of drug-likeness (QED) is 0.0778. The van der Waals surface area contributed by atoms with Crippen molar-refractivity contribution in [1.82, 2.24) is 40.3 Å². The van der Waals surface area contributed by atoms with Crippen molar-refractivity contribution in [1.29, 1.82) is 0 Å². The number of halogens is 6. The molecule has 0 aliphatic carbocycles. The molecular formula is C26H19CuF6N8O7S4+. The summed E-state index contributed by atoms with van der Waals surface area (Å²) >= 11 is 2.98. The van der Waals surface area contributed by atoms with Gasteiger partial charge >= 0.3 is 28.1 Å². The van der Waals surface area contributed by atoms with Crippen LogP contribution >= 0.6 is 22.7 Å². The van der Waals surface area contributed by atoms with E-state index in [9.17, 15) is 26.3 Å². The average Bonchev–Trinajstić information content (AvgIpc) is 3.77. The number of pyridine rings is 4. The third-order valence-electron chi connectivity index (χ3n) is 4.95. The van der Waals surface area contributed by atoms with E-state index in [-0.39, 0.29) is 22.5 Å². The summed E-state index contributed by atoms with van der Waals surface area (Å²) in [5.74, 6) is 0. The molecule has 6 heterocycles. The Morgan fingerprint density at radius 3 is 0.788 bits per heavy atom. The predicted molar refractivity (Wildman–Crippen MR) is 169 cm³/mol. The second-order valence-corrected chi connectivity index (χ2v) is 13.2. The van der Waals surface area contributed by atoms with Crippen LogP contribution in [0.2, 0.25) is 0 Å². The van der Waals surface area contributed by atoms with Crippen molar-refractivity contribution in [3.8, 4) is 42.8 Å². The molecule has 3 N–H and O–H groups in total. The number of alkyl halides is 6. The molecule has 0 spiro atoms. The second-order valence-electron chi connectivity index (χ2n) is 8.48. The molecule has 0 aliphatic heterocycles. The maximum absolute atomic E-state index is 10.7. The number of aromatic nitrogens is 8. The van der Waals surface area contributed by atoms with E-state index in [1.54, 1.807) is 24.8 Å². The summed E-state index contributed by atoms with van der Waals surface area (Å²) in [7, 11) is -12.2. The molecule has 6 rings (SSSR count). The first-order chi connectivity index (χ1) is 23.4. The van der Waals surface area contributed by atoms with Gasteiger partial charge in [-0.05, 0) is 48.5 Å². The van der Waals surface area contributed by atoms with Crippen LogP contribution in [0.25, 0.3) is 42.8 Å². The molecule has 0 amide bonds. The normalized spacial score (nSPS) is 11.1. The third kappa shape index (κ3) is 14.3. The molecular weight excluding hydrogens is 842 g/mol. The van der Waals surface area contributed by atoms with E-state index in [2.05, 4.69) is 40.3 Å². The zero-order chi connectivity index (χ0) is 37.0. The van der Waals surface area contributed by atoms with E-state index in [1.165, 1.54) is 22.7 Å². The molecule has 0 atom stereocenters. The average molecular weight is 861 g/mol. The van der Waals surface area contributed by atoms with Crippen molar-refractivity contribution < 1.29 is 74.8 Å². The van der Waals surface area contributed by atoms with Crippen LogP contribution in [0.15, 0.2) is 97.6 Å². The van der Waals surface area contributed by atoms with E-state index >= 15 is 0 Å². The molecule has 0 saturated carbocycles. The van der Waals surface area contributed by atoms with Gasteiger partial charge in [-0.3, -0.25) is 19.9 Å². The minimum absolute atomic E-state index is 0.